The first-order valence-corrected chi connectivity index (χ1v) is 5.74. The van der Waals surface area contributed by atoms with E-state index in [0.717, 1.165) is 17.0 Å². The second-order valence-corrected chi connectivity index (χ2v) is 4.64. The number of rotatable bonds is 2. The average Bonchev–Trinajstić information content (AvgIpc) is 2.54. The summed E-state index contributed by atoms with van der Waals surface area (Å²) in [7, 11) is 0. The summed E-state index contributed by atoms with van der Waals surface area (Å²) in [4.78, 5) is 24.7. The van der Waals surface area contributed by atoms with Crippen molar-refractivity contribution in [2.75, 3.05) is 6.54 Å². The van der Waals surface area contributed by atoms with Gasteiger partial charge in [-0.3, -0.25) is 4.79 Å². The zero-order valence-corrected chi connectivity index (χ0v) is 10.7. The fourth-order valence-electron chi connectivity index (χ4n) is 1.99. The van der Waals surface area contributed by atoms with Gasteiger partial charge in [-0.15, -0.1) is 0 Å². The Morgan fingerprint density at radius 2 is 2.21 bits per heavy atom. The lowest BCUT2D eigenvalue weighted by molar-refractivity contribution is -0.130. The number of carbonyl (C=O) groups excluding carboxylic acids is 2. The molecule has 1 aromatic rings. The molecule has 2 rings (SSSR count). The van der Waals surface area contributed by atoms with Crippen LogP contribution in [0.3, 0.4) is 0 Å². The van der Waals surface area contributed by atoms with Crippen LogP contribution in [0.15, 0.2) is 18.2 Å². The third-order valence-electron chi connectivity index (χ3n) is 2.97. The van der Waals surface area contributed by atoms with E-state index in [9.17, 15) is 14.0 Å². The standard InChI is InChI=1S/C12H9ClFN3O2/c1-12(8-3-2-7(14)6-9(8)13)10(18)17(5-4-15)11(19)16-12/h2-3,6H,5H2,1H3,(H,16,19)/t12-/m1/s1. The molecular weight excluding hydrogens is 273 g/mol. The number of benzene rings is 1. The van der Waals surface area contributed by atoms with Gasteiger partial charge in [0.15, 0.2) is 0 Å². The molecule has 7 heteroatoms. The summed E-state index contributed by atoms with van der Waals surface area (Å²) >= 11 is 5.91. The number of carbonyl (C=O) groups is 2. The van der Waals surface area contributed by atoms with Gasteiger partial charge in [0.05, 0.1) is 6.07 Å². The van der Waals surface area contributed by atoms with Crippen LogP contribution < -0.4 is 5.32 Å². The predicted molar refractivity (Wildman–Crippen MR) is 64.6 cm³/mol. The van der Waals surface area contributed by atoms with Crippen LogP contribution in [0.2, 0.25) is 5.02 Å². The van der Waals surface area contributed by atoms with Crippen LogP contribution >= 0.6 is 11.6 Å². The summed E-state index contributed by atoms with van der Waals surface area (Å²) < 4.78 is 13.0. The predicted octanol–water partition coefficient (Wildman–Crippen LogP) is 1.77. The van der Waals surface area contributed by atoms with Crippen molar-refractivity contribution in [2.45, 2.75) is 12.5 Å². The van der Waals surface area contributed by atoms with Crippen LogP contribution in [0.25, 0.3) is 0 Å². The van der Waals surface area contributed by atoms with Gasteiger partial charge < -0.3 is 5.32 Å². The van der Waals surface area contributed by atoms with Gasteiger partial charge in [0, 0.05) is 10.6 Å². The van der Waals surface area contributed by atoms with Crippen LogP contribution in [-0.4, -0.2) is 23.4 Å². The summed E-state index contributed by atoms with van der Waals surface area (Å²) in [6.07, 6.45) is 0. The van der Waals surface area contributed by atoms with Crippen molar-refractivity contribution in [3.8, 4) is 6.07 Å². The van der Waals surface area contributed by atoms with Crippen molar-refractivity contribution >= 4 is 23.5 Å². The van der Waals surface area contributed by atoms with E-state index < -0.39 is 23.3 Å². The molecule has 0 spiro atoms. The molecule has 1 N–H and O–H groups in total. The van der Waals surface area contributed by atoms with E-state index in [-0.39, 0.29) is 17.1 Å². The molecular formula is C12H9ClFN3O2. The van der Waals surface area contributed by atoms with Crippen LogP contribution in [0, 0.1) is 17.1 Å². The molecule has 0 bridgehead atoms. The Hall–Kier alpha value is -2.13. The summed E-state index contributed by atoms with van der Waals surface area (Å²) in [5.74, 6) is -1.13. The van der Waals surface area contributed by atoms with E-state index >= 15 is 0 Å². The number of urea groups is 1. The minimum Gasteiger partial charge on any atom is -0.319 e. The van der Waals surface area contributed by atoms with Crippen molar-refractivity contribution in [3.05, 3.63) is 34.6 Å². The summed E-state index contributed by atoms with van der Waals surface area (Å²) in [5.41, 5.74) is -1.10. The van der Waals surface area contributed by atoms with Gasteiger partial charge >= 0.3 is 6.03 Å². The van der Waals surface area contributed by atoms with Crippen LogP contribution in [0.4, 0.5) is 9.18 Å². The number of hydrogen-bond acceptors (Lipinski definition) is 3. The number of nitriles is 1. The zero-order chi connectivity index (χ0) is 14.2. The number of nitrogens with one attached hydrogen (secondary N) is 1. The molecule has 98 valence electrons. The maximum atomic E-state index is 13.0. The first-order valence-electron chi connectivity index (χ1n) is 5.36. The largest absolute Gasteiger partial charge is 0.326 e. The number of imide groups is 1. The number of hydrogen-bond donors (Lipinski definition) is 1. The fourth-order valence-corrected chi connectivity index (χ4v) is 2.34. The minimum absolute atomic E-state index is 0.0370. The summed E-state index contributed by atoms with van der Waals surface area (Å²) in [6.45, 7) is 1.11. The third kappa shape index (κ3) is 2.02. The topological polar surface area (TPSA) is 73.2 Å². The fraction of sp³-hybridized carbons (Fsp3) is 0.250. The minimum atomic E-state index is -1.39. The quantitative estimate of drug-likeness (QED) is 0.663. The molecule has 0 saturated carbocycles. The van der Waals surface area contributed by atoms with Crippen molar-refractivity contribution in [1.82, 2.24) is 10.2 Å². The second-order valence-electron chi connectivity index (χ2n) is 4.23. The number of amides is 3. The molecule has 0 aliphatic carbocycles. The van der Waals surface area contributed by atoms with E-state index in [1.807, 2.05) is 0 Å². The second kappa shape index (κ2) is 4.52. The van der Waals surface area contributed by atoms with E-state index in [2.05, 4.69) is 5.32 Å². The molecule has 1 heterocycles. The zero-order valence-electron chi connectivity index (χ0n) is 9.91. The molecule has 1 aromatic carbocycles. The average molecular weight is 282 g/mol. The molecule has 19 heavy (non-hydrogen) atoms. The van der Waals surface area contributed by atoms with Gasteiger partial charge in [-0.05, 0) is 19.1 Å². The molecule has 5 nitrogen and oxygen atoms in total. The first-order chi connectivity index (χ1) is 8.90. The highest BCUT2D eigenvalue weighted by atomic mass is 35.5. The van der Waals surface area contributed by atoms with E-state index in [4.69, 9.17) is 16.9 Å². The lowest BCUT2D eigenvalue weighted by Crippen LogP contribution is -2.41. The van der Waals surface area contributed by atoms with Gasteiger partial charge in [-0.1, -0.05) is 17.7 Å². The third-order valence-corrected chi connectivity index (χ3v) is 3.29. The molecule has 0 radical (unpaired) electrons. The van der Waals surface area contributed by atoms with E-state index in [1.165, 1.54) is 13.0 Å². The molecule has 1 aliphatic heterocycles. The first kappa shape index (κ1) is 13.3. The van der Waals surface area contributed by atoms with Crippen molar-refractivity contribution < 1.29 is 14.0 Å². The Balaban J connectivity index is 2.47. The summed E-state index contributed by atoms with van der Waals surface area (Å²) in [5, 5.41) is 11.1. The molecule has 3 amide bonds. The molecule has 1 fully saturated rings. The van der Waals surface area contributed by atoms with Crippen molar-refractivity contribution in [2.24, 2.45) is 0 Å². The monoisotopic (exact) mass is 281 g/mol. The van der Waals surface area contributed by atoms with Gasteiger partial charge in [-0.2, -0.15) is 5.26 Å². The molecule has 0 unspecified atom stereocenters. The van der Waals surface area contributed by atoms with E-state index in [0.29, 0.717) is 0 Å². The van der Waals surface area contributed by atoms with Crippen LogP contribution in [-0.2, 0) is 10.3 Å². The highest BCUT2D eigenvalue weighted by Gasteiger charge is 2.49. The highest BCUT2D eigenvalue weighted by Crippen LogP contribution is 2.33. The van der Waals surface area contributed by atoms with E-state index in [1.54, 1.807) is 6.07 Å². The maximum absolute atomic E-state index is 13.0. The Morgan fingerprint density at radius 1 is 1.53 bits per heavy atom. The smallest absolute Gasteiger partial charge is 0.319 e. The normalized spacial score (nSPS) is 22.3. The molecule has 1 saturated heterocycles. The number of nitrogens with zero attached hydrogens (tertiary/aromatic N) is 2. The lowest BCUT2D eigenvalue weighted by atomic mass is 9.92. The van der Waals surface area contributed by atoms with Crippen molar-refractivity contribution in [1.29, 1.82) is 5.26 Å². The van der Waals surface area contributed by atoms with Crippen molar-refractivity contribution in [3.63, 3.8) is 0 Å². The van der Waals surface area contributed by atoms with Crippen LogP contribution in [0.5, 0.6) is 0 Å². The Labute approximate surface area is 113 Å². The molecule has 1 atom stereocenters. The maximum Gasteiger partial charge on any atom is 0.326 e. The summed E-state index contributed by atoms with van der Waals surface area (Å²) in [6, 6.07) is 4.62. The van der Waals surface area contributed by atoms with Gasteiger partial charge in [0.1, 0.15) is 17.9 Å². The Morgan fingerprint density at radius 3 is 2.79 bits per heavy atom. The lowest BCUT2D eigenvalue weighted by Gasteiger charge is -2.23. The number of halogens is 2. The highest BCUT2D eigenvalue weighted by molar-refractivity contribution is 6.32. The van der Waals surface area contributed by atoms with Crippen LogP contribution in [0.1, 0.15) is 12.5 Å². The van der Waals surface area contributed by atoms with Gasteiger partial charge in [0.2, 0.25) is 0 Å². The molecule has 0 aromatic heterocycles. The Kier molecular flexibility index (Phi) is 3.16. The van der Waals surface area contributed by atoms with Gasteiger partial charge in [-0.25, -0.2) is 14.1 Å². The van der Waals surface area contributed by atoms with Gasteiger partial charge in [0.25, 0.3) is 5.91 Å². The molecule has 1 aliphatic rings. The SMILES string of the molecule is C[C@]1(c2ccc(F)cc2Cl)NC(=O)N(CC#N)C1=O. The Bertz CT molecular complexity index is 613.